The van der Waals surface area contributed by atoms with Crippen molar-refractivity contribution in [1.82, 2.24) is 5.01 Å². The molecule has 0 unspecified atom stereocenters. The molecule has 1 aliphatic heterocycles. The third kappa shape index (κ3) is 3.25. The highest BCUT2D eigenvalue weighted by Gasteiger charge is 2.37. The van der Waals surface area contributed by atoms with E-state index in [9.17, 15) is 14.4 Å². The van der Waals surface area contributed by atoms with Gasteiger partial charge in [0.05, 0.1) is 13.1 Å². The molecule has 7 heteroatoms. The Morgan fingerprint density at radius 3 is 2.53 bits per heavy atom. The number of nitrogens with two attached hydrogens (primary N) is 1. The summed E-state index contributed by atoms with van der Waals surface area (Å²) in [5.74, 6) is 5.88. The maximum Gasteiger partial charge on any atom is 0.414 e. The second kappa shape index (κ2) is 6.95. The zero-order valence-corrected chi connectivity index (χ0v) is 16.8. The van der Waals surface area contributed by atoms with Gasteiger partial charge in [-0.2, -0.15) is 0 Å². The number of Topliss-reactive ketones (excluding diaryl/α,β-unsaturated/α-hetero) is 1. The number of anilines is 1. The number of cyclic esters (lactones) is 1. The Kier molecular flexibility index (Phi) is 4.36. The number of ether oxygens (including phenoxy) is 1. The Hall–Kier alpha value is -3.19. The van der Waals surface area contributed by atoms with Crippen molar-refractivity contribution in [2.45, 2.75) is 32.3 Å². The maximum atomic E-state index is 12.4. The lowest BCUT2D eigenvalue weighted by Gasteiger charge is -2.19. The predicted octanol–water partition coefficient (Wildman–Crippen LogP) is 2.90. The van der Waals surface area contributed by atoms with Crippen molar-refractivity contribution in [2.24, 2.45) is 11.8 Å². The average Bonchev–Trinajstić information content (AvgIpc) is 3.41. The normalized spacial score (nSPS) is 19.3. The first-order chi connectivity index (χ1) is 14.4. The summed E-state index contributed by atoms with van der Waals surface area (Å²) in [5.41, 5.74) is 5.95. The molecular weight excluding hydrogens is 382 g/mol. The number of nitrogens with zero attached hydrogens (tertiary/aromatic N) is 2. The fourth-order valence-electron chi connectivity index (χ4n) is 4.29. The molecule has 1 saturated heterocycles. The molecule has 30 heavy (non-hydrogen) atoms. The Morgan fingerprint density at radius 1 is 1.13 bits per heavy atom. The van der Waals surface area contributed by atoms with Crippen LogP contribution in [0.5, 0.6) is 0 Å². The number of amides is 2. The summed E-state index contributed by atoms with van der Waals surface area (Å²) in [5, 5.41) is 1.19. The van der Waals surface area contributed by atoms with E-state index in [1.165, 1.54) is 5.01 Å². The fourth-order valence-corrected chi connectivity index (χ4v) is 4.29. The predicted molar refractivity (Wildman–Crippen MR) is 111 cm³/mol. The molecule has 2 amide bonds. The fraction of sp³-hybridized carbons (Fsp3) is 0.348. The van der Waals surface area contributed by atoms with Crippen LogP contribution in [-0.2, 0) is 16.0 Å². The summed E-state index contributed by atoms with van der Waals surface area (Å²) < 4.78 is 5.45. The summed E-state index contributed by atoms with van der Waals surface area (Å²) in [7, 11) is 0. The largest absolute Gasteiger partial charge is 0.442 e. The molecule has 0 radical (unpaired) electrons. The van der Waals surface area contributed by atoms with E-state index in [1.807, 2.05) is 36.4 Å². The van der Waals surface area contributed by atoms with E-state index in [1.54, 1.807) is 11.8 Å². The van der Waals surface area contributed by atoms with Gasteiger partial charge in [-0.25, -0.2) is 10.6 Å². The van der Waals surface area contributed by atoms with Gasteiger partial charge in [-0.05, 0) is 66.6 Å². The molecule has 154 valence electrons. The molecule has 3 aliphatic rings. The molecule has 1 saturated carbocycles. The number of benzene rings is 2. The highest BCUT2D eigenvalue weighted by molar-refractivity contribution is 5.96. The lowest BCUT2D eigenvalue weighted by atomic mass is 10.0. The Bertz CT molecular complexity index is 1080. The summed E-state index contributed by atoms with van der Waals surface area (Å²) in [4.78, 5) is 37.8. The van der Waals surface area contributed by atoms with E-state index < -0.39 is 12.2 Å². The van der Waals surface area contributed by atoms with Gasteiger partial charge >= 0.3 is 6.09 Å². The van der Waals surface area contributed by atoms with Gasteiger partial charge in [0.15, 0.2) is 5.78 Å². The van der Waals surface area contributed by atoms with Crippen LogP contribution < -0.4 is 10.7 Å². The van der Waals surface area contributed by atoms with Crippen molar-refractivity contribution in [3.63, 3.8) is 0 Å². The topological polar surface area (TPSA) is 92.9 Å². The first kappa shape index (κ1) is 18.8. The molecule has 2 aliphatic carbocycles. The smallest absolute Gasteiger partial charge is 0.414 e. The Balaban J connectivity index is 1.32. The van der Waals surface area contributed by atoms with Crippen molar-refractivity contribution < 1.29 is 19.1 Å². The van der Waals surface area contributed by atoms with Gasteiger partial charge in [0.1, 0.15) is 6.10 Å². The monoisotopic (exact) mass is 405 g/mol. The number of hydrogen-bond acceptors (Lipinski definition) is 5. The first-order valence-corrected chi connectivity index (χ1v) is 10.2. The van der Waals surface area contributed by atoms with E-state index >= 15 is 0 Å². The van der Waals surface area contributed by atoms with E-state index in [2.05, 4.69) is 0 Å². The van der Waals surface area contributed by atoms with Crippen LogP contribution in [0, 0.1) is 5.92 Å². The van der Waals surface area contributed by atoms with Gasteiger partial charge in [0, 0.05) is 17.2 Å². The van der Waals surface area contributed by atoms with Gasteiger partial charge in [0.25, 0.3) is 0 Å². The number of carbonyl (C=O) groups is 3. The molecule has 0 aromatic heterocycles. The molecule has 2 aromatic rings. The SMILES string of the molecule is CC(=O)c1ccc2c(c1)Cc1cc(N3C[C@H](CN(N)C(=O)C4CC4)OC3=O)ccc1-2. The van der Waals surface area contributed by atoms with Crippen LogP contribution in [0.25, 0.3) is 11.1 Å². The van der Waals surface area contributed by atoms with Crippen LogP contribution in [0.1, 0.15) is 41.3 Å². The number of carbonyl (C=O) groups excluding carboxylic acids is 3. The average molecular weight is 405 g/mol. The Labute approximate surface area is 174 Å². The van der Waals surface area contributed by atoms with Gasteiger partial charge in [-0.15, -0.1) is 0 Å². The lowest BCUT2D eigenvalue weighted by Crippen LogP contribution is -2.44. The van der Waals surface area contributed by atoms with Crippen LogP contribution in [0.3, 0.4) is 0 Å². The molecule has 0 spiro atoms. The van der Waals surface area contributed by atoms with Gasteiger partial charge in [0.2, 0.25) is 5.91 Å². The summed E-state index contributed by atoms with van der Waals surface area (Å²) >= 11 is 0. The van der Waals surface area contributed by atoms with Gasteiger partial charge < -0.3 is 4.74 Å². The third-order valence-corrected chi connectivity index (χ3v) is 6.07. The number of fused-ring (bicyclic) bond motifs is 3. The van der Waals surface area contributed by atoms with E-state index in [-0.39, 0.29) is 24.2 Å². The minimum Gasteiger partial charge on any atom is -0.442 e. The first-order valence-electron chi connectivity index (χ1n) is 10.2. The van der Waals surface area contributed by atoms with Crippen molar-refractivity contribution in [3.05, 3.63) is 53.1 Å². The summed E-state index contributed by atoms with van der Waals surface area (Å²) in [6, 6.07) is 11.7. The standard InChI is InChI=1S/C23H23N3O4/c1-13(27)15-4-6-20-16(8-15)9-17-10-18(5-7-21(17)20)25-11-19(30-23(25)29)12-26(24)22(28)14-2-3-14/h4-8,10,14,19H,2-3,9,11-12,24H2,1H3/t19-/m1/s1. The van der Waals surface area contributed by atoms with Crippen molar-refractivity contribution in [1.29, 1.82) is 0 Å². The minimum atomic E-state index is -0.450. The maximum absolute atomic E-state index is 12.4. The molecule has 5 rings (SSSR count). The number of hydrogen-bond donors (Lipinski definition) is 1. The second-order valence-corrected chi connectivity index (χ2v) is 8.33. The van der Waals surface area contributed by atoms with Gasteiger partial charge in [-0.1, -0.05) is 18.2 Å². The zero-order valence-electron chi connectivity index (χ0n) is 16.8. The van der Waals surface area contributed by atoms with Crippen LogP contribution in [0.15, 0.2) is 36.4 Å². The van der Waals surface area contributed by atoms with E-state index in [0.29, 0.717) is 12.1 Å². The Morgan fingerprint density at radius 2 is 1.83 bits per heavy atom. The molecule has 1 atom stereocenters. The second-order valence-electron chi connectivity index (χ2n) is 8.33. The van der Waals surface area contributed by atoms with E-state index in [4.69, 9.17) is 10.6 Å². The highest BCUT2D eigenvalue weighted by Crippen LogP contribution is 2.39. The minimum absolute atomic E-state index is 0.0325. The molecule has 1 heterocycles. The van der Waals surface area contributed by atoms with Crippen molar-refractivity contribution in [3.8, 4) is 11.1 Å². The highest BCUT2D eigenvalue weighted by atomic mass is 16.6. The lowest BCUT2D eigenvalue weighted by molar-refractivity contribution is -0.134. The molecule has 7 nitrogen and oxygen atoms in total. The van der Waals surface area contributed by atoms with Gasteiger partial charge in [-0.3, -0.25) is 19.5 Å². The van der Waals surface area contributed by atoms with Crippen molar-refractivity contribution >= 4 is 23.5 Å². The third-order valence-electron chi connectivity index (χ3n) is 6.07. The van der Waals surface area contributed by atoms with Crippen LogP contribution in [-0.4, -0.2) is 42.0 Å². The summed E-state index contributed by atoms with van der Waals surface area (Å²) in [6.07, 6.45) is 1.61. The quantitative estimate of drug-likeness (QED) is 0.305. The van der Waals surface area contributed by atoms with Crippen molar-refractivity contribution in [2.75, 3.05) is 18.0 Å². The van der Waals surface area contributed by atoms with E-state index in [0.717, 1.165) is 47.2 Å². The zero-order chi connectivity index (χ0) is 21.0. The van der Waals surface area contributed by atoms with Crippen LogP contribution >= 0.6 is 0 Å². The molecule has 0 bridgehead atoms. The molecule has 2 aromatic carbocycles. The van der Waals surface area contributed by atoms with Crippen LogP contribution in [0.4, 0.5) is 10.5 Å². The number of hydrazine groups is 1. The molecule has 2 fully saturated rings. The summed E-state index contributed by atoms with van der Waals surface area (Å²) in [6.45, 7) is 2.12. The number of ketones is 1. The molecule has 2 N–H and O–H groups in total. The number of rotatable bonds is 5. The molecular formula is C23H23N3O4. The van der Waals surface area contributed by atoms with Crippen LogP contribution in [0.2, 0.25) is 0 Å².